The lowest BCUT2D eigenvalue weighted by molar-refractivity contribution is -0.124. The molecule has 2 amide bonds. The number of rotatable bonds is 5. The van der Waals surface area contributed by atoms with Gasteiger partial charge >= 0.3 is 0 Å². The first kappa shape index (κ1) is 21.6. The molecule has 6 nitrogen and oxygen atoms in total. The third-order valence-corrected chi connectivity index (χ3v) is 5.31. The number of nitrogens with zero attached hydrogens (tertiary/aromatic N) is 1. The number of nitrogens with one attached hydrogen (secondary N) is 2. The standard InChI is InChI=1S/C24H29N3O3/c1-16(2)23-24(30)26-20(15-28)13-18-10-11-19(14-21(18)27(23)3)25-22(29)12-9-17-7-5-4-6-8-17/h4-12,14,16,20,23,28H,13,15H2,1-3H3,(H,25,29)(H,26,30)/b12-9+/t20-,23?/m0/s1. The largest absolute Gasteiger partial charge is 0.394 e. The molecular weight excluding hydrogens is 378 g/mol. The Morgan fingerprint density at radius 1 is 1.27 bits per heavy atom. The predicted molar refractivity (Wildman–Crippen MR) is 120 cm³/mol. The molecule has 2 aromatic rings. The Hall–Kier alpha value is -3.12. The number of anilines is 2. The Kier molecular flexibility index (Phi) is 6.90. The average Bonchev–Trinajstić information content (AvgIpc) is 2.72. The summed E-state index contributed by atoms with van der Waals surface area (Å²) in [5, 5.41) is 15.5. The zero-order valence-corrected chi connectivity index (χ0v) is 17.6. The first-order valence-electron chi connectivity index (χ1n) is 10.2. The van der Waals surface area contributed by atoms with Crippen LogP contribution in [0.3, 0.4) is 0 Å². The third-order valence-electron chi connectivity index (χ3n) is 5.31. The molecule has 0 radical (unpaired) electrons. The summed E-state index contributed by atoms with van der Waals surface area (Å²) in [6.45, 7) is 3.87. The number of aliphatic hydroxyl groups excluding tert-OH is 1. The second-order valence-corrected chi connectivity index (χ2v) is 7.97. The summed E-state index contributed by atoms with van der Waals surface area (Å²) in [4.78, 5) is 27.1. The Balaban J connectivity index is 1.85. The molecule has 0 saturated heterocycles. The molecule has 3 N–H and O–H groups in total. The van der Waals surface area contributed by atoms with Crippen LogP contribution in [-0.4, -0.2) is 42.7 Å². The Labute approximate surface area is 177 Å². The summed E-state index contributed by atoms with van der Waals surface area (Å²) in [6, 6.07) is 14.6. The smallest absolute Gasteiger partial charge is 0.248 e. The topological polar surface area (TPSA) is 81.7 Å². The minimum absolute atomic E-state index is 0.0762. The molecule has 1 aliphatic heterocycles. The Bertz CT molecular complexity index is 925. The van der Waals surface area contributed by atoms with Crippen molar-refractivity contribution in [1.82, 2.24) is 5.32 Å². The number of carbonyl (C=O) groups excluding carboxylic acids is 2. The van der Waals surface area contributed by atoms with Crippen LogP contribution in [0, 0.1) is 5.92 Å². The van der Waals surface area contributed by atoms with Crippen LogP contribution < -0.4 is 15.5 Å². The van der Waals surface area contributed by atoms with E-state index in [-0.39, 0.29) is 36.4 Å². The fraction of sp³-hybridized carbons (Fsp3) is 0.333. The summed E-state index contributed by atoms with van der Waals surface area (Å²) in [5.41, 5.74) is 3.51. The molecule has 0 aromatic heterocycles. The van der Waals surface area contributed by atoms with E-state index in [0.29, 0.717) is 12.1 Å². The summed E-state index contributed by atoms with van der Waals surface area (Å²) >= 11 is 0. The molecule has 3 rings (SSSR count). The van der Waals surface area contributed by atoms with E-state index < -0.39 is 0 Å². The van der Waals surface area contributed by atoms with Gasteiger partial charge in [0.05, 0.1) is 12.6 Å². The van der Waals surface area contributed by atoms with Gasteiger partial charge in [-0.3, -0.25) is 9.59 Å². The van der Waals surface area contributed by atoms with Crippen molar-refractivity contribution in [3.05, 3.63) is 65.7 Å². The first-order valence-corrected chi connectivity index (χ1v) is 10.2. The highest BCUT2D eigenvalue weighted by Crippen LogP contribution is 2.30. The maximum absolute atomic E-state index is 12.7. The molecule has 30 heavy (non-hydrogen) atoms. The minimum Gasteiger partial charge on any atom is -0.394 e. The molecule has 1 unspecified atom stereocenters. The van der Waals surface area contributed by atoms with E-state index in [9.17, 15) is 14.7 Å². The molecule has 0 saturated carbocycles. The summed E-state index contributed by atoms with van der Waals surface area (Å²) in [6.07, 6.45) is 3.79. The SMILES string of the molecule is CC(C)C1C(=O)N[C@H](CO)Cc2ccc(NC(=O)/C=C/c3ccccc3)cc2N1C. The van der Waals surface area contributed by atoms with Crippen molar-refractivity contribution in [2.75, 3.05) is 23.9 Å². The number of amides is 2. The second-order valence-electron chi connectivity index (χ2n) is 7.97. The lowest BCUT2D eigenvalue weighted by Gasteiger charge is -2.37. The first-order chi connectivity index (χ1) is 14.4. The van der Waals surface area contributed by atoms with Crippen LogP contribution in [0.1, 0.15) is 25.0 Å². The van der Waals surface area contributed by atoms with Crippen molar-refractivity contribution in [2.24, 2.45) is 5.92 Å². The molecule has 0 aliphatic carbocycles. The van der Waals surface area contributed by atoms with Crippen LogP contribution in [0.2, 0.25) is 0 Å². The van der Waals surface area contributed by atoms with Crippen molar-refractivity contribution < 1.29 is 14.7 Å². The van der Waals surface area contributed by atoms with E-state index in [4.69, 9.17) is 0 Å². The number of hydrogen-bond donors (Lipinski definition) is 3. The molecule has 1 heterocycles. The van der Waals surface area contributed by atoms with Gasteiger partial charge in [-0.15, -0.1) is 0 Å². The van der Waals surface area contributed by atoms with Crippen molar-refractivity contribution in [1.29, 1.82) is 0 Å². The number of benzene rings is 2. The maximum atomic E-state index is 12.7. The fourth-order valence-corrected chi connectivity index (χ4v) is 3.85. The van der Waals surface area contributed by atoms with E-state index in [0.717, 1.165) is 16.8 Å². The molecule has 6 heteroatoms. The van der Waals surface area contributed by atoms with E-state index >= 15 is 0 Å². The molecule has 1 aliphatic rings. The number of carbonyl (C=O) groups is 2. The van der Waals surface area contributed by atoms with Gasteiger partial charge in [-0.1, -0.05) is 50.2 Å². The monoisotopic (exact) mass is 407 g/mol. The van der Waals surface area contributed by atoms with Crippen LogP contribution in [0.4, 0.5) is 11.4 Å². The average molecular weight is 408 g/mol. The normalized spacial score (nSPS) is 19.2. The molecule has 2 aromatic carbocycles. The Morgan fingerprint density at radius 3 is 2.67 bits per heavy atom. The third kappa shape index (κ3) is 5.07. The molecule has 2 atom stereocenters. The molecule has 158 valence electrons. The highest BCUT2D eigenvalue weighted by atomic mass is 16.3. The van der Waals surface area contributed by atoms with Gasteiger partial charge in [-0.25, -0.2) is 0 Å². The molecule has 0 bridgehead atoms. The van der Waals surface area contributed by atoms with E-state index in [1.807, 2.05) is 74.3 Å². The number of likely N-dealkylation sites (N-methyl/N-ethyl adjacent to an activating group) is 1. The highest BCUT2D eigenvalue weighted by Gasteiger charge is 2.32. The van der Waals surface area contributed by atoms with Crippen molar-refractivity contribution in [2.45, 2.75) is 32.4 Å². The summed E-state index contributed by atoms with van der Waals surface area (Å²) in [5.74, 6) is -0.247. The van der Waals surface area contributed by atoms with Gasteiger partial charge in [-0.2, -0.15) is 0 Å². The van der Waals surface area contributed by atoms with Crippen molar-refractivity contribution >= 4 is 29.3 Å². The summed E-state index contributed by atoms with van der Waals surface area (Å²) in [7, 11) is 1.89. The maximum Gasteiger partial charge on any atom is 0.248 e. The van der Waals surface area contributed by atoms with Gasteiger partial charge < -0.3 is 20.6 Å². The van der Waals surface area contributed by atoms with E-state index in [2.05, 4.69) is 10.6 Å². The molecule has 0 fully saturated rings. The van der Waals surface area contributed by atoms with Crippen LogP contribution >= 0.6 is 0 Å². The predicted octanol–water partition coefficient (Wildman–Crippen LogP) is 2.83. The highest BCUT2D eigenvalue weighted by molar-refractivity contribution is 6.02. The quantitative estimate of drug-likeness (QED) is 0.666. The van der Waals surface area contributed by atoms with Crippen LogP contribution in [0.5, 0.6) is 0 Å². The number of aliphatic hydroxyl groups is 1. The van der Waals surface area contributed by atoms with Gasteiger partial charge in [0.15, 0.2) is 0 Å². The second kappa shape index (κ2) is 9.59. The number of fused-ring (bicyclic) bond motifs is 1. The van der Waals surface area contributed by atoms with Gasteiger partial charge in [-0.05, 0) is 41.7 Å². The Morgan fingerprint density at radius 2 is 2.00 bits per heavy atom. The van der Waals surface area contributed by atoms with Crippen molar-refractivity contribution in [3.63, 3.8) is 0 Å². The fourth-order valence-electron chi connectivity index (χ4n) is 3.85. The van der Waals surface area contributed by atoms with E-state index in [1.54, 1.807) is 6.08 Å². The van der Waals surface area contributed by atoms with Gasteiger partial charge in [0.1, 0.15) is 6.04 Å². The van der Waals surface area contributed by atoms with Crippen LogP contribution in [0.15, 0.2) is 54.6 Å². The molecular formula is C24H29N3O3. The summed E-state index contributed by atoms with van der Waals surface area (Å²) < 4.78 is 0. The minimum atomic E-state index is -0.373. The zero-order chi connectivity index (χ0) is 21.7. The lowest BCUT2D eigenvalue weighted by Crippen LogP contribution is -2.54. The van der Waals surface area contributed by atoms with Crippen LogP contribution in [0.25, 0.3) is 6.08 Å². The van der Waals surface area contributed by atoms with Crippen molar-refractivity contribution in [3.8, 4) is 0 Å². The number of hydrogen-bond acceptors (Lipinski definition) is 4. The van der Waals surface area contributed by atoms with Crippen LogP contribution in [-0.2, 0) is 16.0 Å². The van der Waals surface area contributed by atoms with Gasteiger partial charge in [0.25, 0.3) is 0 Å². The zero-order valence-electron chi connectivity index (χ0n) is 17.6. The van der Waals surface area contributed by atoms with Gasteiger partial charge in [0.2, 0.25) is 11.8 Å². The van der Waals surface area contributed by atoms with E-state index in [1.165, 1.54) is 6.08 Å². The molecule has 0 spiro atoms. The van der Waals surface area contributed by atoms with Gasteiger partial charge in [0, 0.05) is 24.5 Å². The lowest BCUT2D eigenvalue weighted by atomic mass is 9.95.